The average molecular weight is 319 g/mol. The Bertz CT molecular complexity index is 408. The van der Waals surface area contributed by atoms with Crippen molar-refractivity contribution in [3.8, 4) is 11.6 Å². The van der Waals surface area contributed by atoms with E-state index >= 15 is 0 Å². The fraction of sp³-hybridized carbons (Fsp3) is 0. The van der Waals surface area contributed by atoms with Crippen molar-refractivity contribution in [2.24, 2.45) is 0 Å². The Morgan fingerprint density at radius 2 is 1.93 bits per heavy atom. The fourth-order valence-electron chi connectivity index (χ4n) is 0.936. The third-order valence-corrected chi connectivity index (χ3v) is 2.78. The normalized spacial score (nSPS) is 10.1. The van der Waals surface area contributed by atoms with Crippen molar-refractivity contribution in [2.75, 3.05) is 0 Å². The van der Waals surface area contributed by atoms with E-state index in [0.29, 0.717) is 11.6 Å². The minimum atomic E-state index is 0.428. The molecule has 0 amide bonds. The molecule has 0 bridgehead atoms. The van der Waals surface area contributed by atoms with Crippen molar-refractivity contribution in [2.45, 2.75) is 0 Å². The zero-order chi connectivity index (χ0) is 9.97. The van der Waals surface area contributed by atoms with Crippen LogP contribution in [0.5, 0.6) is 11.6 Å². The van der Waals surface area contributed by atoms with Crippen LogP contribution in [0.25, 0.3) is 0 Å². The molecule has 0 aliphatic carbocycles. The minimum Gasteiger partial charge on any atom is -0.448 e. The lowest BCUT2D eigenvalue weighted by Crippen LogP contribution is -1.86. The van der Waals surface area contributed by atoms with Crippen molar-refractivity contribution >= 4 is 31.9 Å². The van der Waals surface area contributed by atoms with E-state index in [1.165, 1.54) is 12.7 Å². The molecule has 1 aromatic heterocycles. The number of nitrogens with zero attached hydrogens (tertiary/aromatic N) is 1. The molecule has 5 heteroatoms. The number of para-hydroxylation sites is 1. The molecule has 2 rings (SSSR count). The van der Waals surface area contributed by atoms with Gasteiger partial charge in [-0.25, -0.2) is 0 Å². The molecule has 0 atom stereocenters. The standard InChI is InChI=1S/C9H5Br2NO2/c10-6-2-1-3-7(11)9(6)14-8-4-13-5-12-8/h1-5H. The van der Waals surface area contributed by atoms with Crippen molar-refractivity contribution in [1.29, 1.82) is 0 Å². The number of aromatic nitrogens is 1. The van der Waals surface area contributed by atoms with Gasteiger partial charge in [0.2, 0.25) is 0 Å². The first-order valence-electron chi connectivity index (χ1n) is 3.77. The van der Waals surface area contributed by atoms with E-state index in [1.807, 2.05) is 18.2 Å². The Morgan fingerprint density at radius 3 is 2.50 bits per heavy atom. The Balaban J connectivity index is 2.33. The lowest BCUT2D eigenvalue weighted by atomic mass is 10.3. The number of oxazole rings is 1. The van der Waals surface area contributed by atoms with Crippen LogP contribution in [-0.2, 0) is 0 Å². The molecule has 0 saturated carbocycles. The molecule has 3 nitrogen and oxygen atoms in total. The van der Waals surface area contributed by atoms with E-state index in [4.69, 9.17) is 9.15 Å². The molecule has 0 saturated heterocycles. The highest BCUT2D eigenvalue weighted by Crippen LogP contribution is 2.35. The topological polar surface area (TPSA) is 35.3 Å². The molecule has 0 aliphatic rings. The molecule has 0 unspecified atom stereocenters. The van der Waals surface area contributed by atoms with Crippen LogP contribution in [0, 0.1) is 0 Å². The molecule has 0 N–H and O–H groups in total. The molecule has 0 radical (unpaired) electrons. The lowest BCUT2D eigenvalue weighted by molar-refractivity contribution is 0.452. The summed E-state index contributed by atoms with van der Waals surface area (Å²) in [6.07, 6.45) is 2.76. The Labute approximate surface area is 97.4 Å². The smallest absolute Gasteiger partial charge is 0.258 e. The highest BCUT2D eigenvalue weighted by atomic mass is 79.9. The van der Waals surface area contributed by atoms with E-state index in [9.17, 15) is 0 Å². The van der Waals surface area contributed by atoms with Crippen LogP contribution in [-0.4, -0.2) is 4.98 Å². The summed E-state index contributed by atoms with van der Waals surface area (Å²) in [5.74, 6) is 1.11. The summed E-state index contributed by atoms with van der Waals surface area (Å²) in [6, 6.07) is 5.68. The van der Waals surface area contributed by atoms with Gasteiger partial charge >= 0.3 is 0 Å². The maximum absolute atomic E-state index is 5.48. The highest BCUT2D eigenvalue weighted by molar-refractivity contribution is 9.11. The molecular weight excluding hydrogens is 314 g/mol. The van der Waals surface area contributed by atoms with E-state index < -0.39 is 0 Å². The predicted molar refractivity (Wildman–Crippen MR) is 58.4 cm³/mol. The van der Waals surface area contributed by atoms with Crippen LogP contribution in [0.1, 0.15) is 0 Å². The SMILES string of the molecule is Brc1cccc(Br)c1Oc1cocn1. The van der Waals surface area contributed by atoms with Gasteiger partial charge in [0.25, 0.3) is 5.88 Å². The van der Waals surface area contributed by atoms with E-state index in [-0.39, 0.29) is 0 Å². The molecule has 0 spiro atoms. The van der Waals surface area contributed by atoms with E-state index in [0.717, 1.165) is 8.95 Å². The summed E-state index contributed by atoms with van der Waals surface area (Å²) >= 11 is 6.76. The van der Waals surface area contributed by atoms with Crippen LogP contribution in [0.3, 0.4) is 0 Å². The summed E-state index contributed by atoms with van der Waals surface area (Å²) in [6.45, 7) is 0. The first-order valence-corrected chi connectivity index (χ1v) is 5.36. The third kappa shape index (κ3) is 1.99. The number of hydrogen-bond acceptors (Lipinski definition) is 3. The zero-order valence-electron chi connectivity index (χ0n) is 6.91. The van der Waals surface area contributed by atoms with Crippen LogP contribution in [0.15, 0.2) is 44.2 Å². The quantitative estimate of drug-likeness (QED) is 0.839. The summed E-state index contributed by atoms with van der Waals surface area (Å²) in [4.78, 5) is 3.86. The van der Waals surface area contributed by atoms with Gasteiger partial charge in [-0.15, -0.1) is 0 Å². The first kappa shape index (κ1) is 9.73. The van der Waals surface area contributed by atoms with Crippen molar-refractivity contribution in [3.05, 3.63) is 39.8 Å². The molecule has 72 valence electrons. The van der Waals surface area contributed by atoms with Crippen molar-refractivity contribution in [3.63, 3.8) is 0 Å². The third-order valence-electron chi connectivity index (χ3n) is 1.54. The van der Waals surface area contributed by atoms with Gasteiger partial charge in [0.1, 0.15) is 0 Å². The average Bonchev–Trinajstić information content (AvgIpc) is 2.64. The van der Waals surface area contributed by atoms with Gasteiger partial charge in [-0.1, -0.05) is 6.07 Å². The van der Waals surface area contributed by atoms with Crippen LogP contribution in [0.4, 0.5) is 0 Å². The van der Waals surface area contributed by atoms with Crippen LogP contribution >= 0.6 is 31.9 Å². The van der Waals surface area contributed by atoms with Gasteiger partial charge in [-0.3, -0.25) is 0 Å². The van der Waals surface area contributed by atoms with Crippen molar-refractivity contribution in [1.82, 2.24) is 4.98 Å². The summed E-state index contributed by atoms with van der Waals surface area (Å²) in [5.41, 5.74) is 0. The number of benzene rings is 1. The Hall–Kier alpha value is -0.810. The van der Waals surface area contributed by atoms with Gasteiger partial charge < -0.3 is 9.15 Å². The predicted octanol–water partition coefficient (Wildman–Crippen LogP) is 3.99. The molecule has 0 fully saturated rings. The first-order chi connectivity index (χ1) is 6.77. The van der Waals surface area contributed by atoms with E-state index in [1.54, 1.807) is 0 Å². The zero-order valence-corrected chi connectivity index (χ0v) is 10.1. The van der Waals surface area contributed by atoms with Crippen molar-refractivity contribution < 1.29 is 9.15 Å². The largest absolute Gasteiger partial charge is 0.448 e. The van der Waals surface area contributed by atoms with Gasteiger partial charge in [0, 0.05) is 0 Å². The molecular formula is C9H5Br2NO2. The Kier molecular flexibility index (Phi) is 2.88. The second-order valence-electron chi connectivity index (χ2n) is 2.48. The molecule has 2 aromatic rings. The molecule has 14 heavy (non-hydrogen) atoms. The number of hydrogen-bond donors (Lipinski definition) is 0. The summed E-state index contributed by atoms with van der Waals surface area (Å²) in [7, 11) is 0. The van der Waals surface area contributed by atoms with E-state index in [2.05, 4.69) is 36.8 Å². The van der Waals surface area contributed by atoms with Crippen LogP contribution < -0.4 is 4.74 Å². The van der Waals surface area contributed by atoms with Crippen LogP contribution in [0.2, 0.25) is 0 Å². The van der Waals surface area contributed by atoms with Gasteiger partial charge in [0.15, 0.2) is 18.4 Å². The summed E-state index contributed by atoms with van der Waals surface area (Å²) < 4.78 is 12.0. The number of ether oxygens (including phenoxy) is 1. The highest BCUT2D eigenvalue weighted by Gasteiger charge is 2.08. The second-order valence-corrected chi connectivity index (χ2v) is 4.19. The fourth-order valence-corrected chi connectivity index (χ4v) is 2.10. The molecule has 1 heterocycles. The molecule has 1 aromatic carbocycles. The van der Waals surface area contributed by atoms with Gasteiger partial charge in [0.05, 0.1) is 8.95 Å². The number of halogens is 2. The molecule has 0 aliphatic heterocycles. The lowest BCUT2D eigenvalue weighted by Gasteiger charge is -2.05. The maximum atomic E-state index is 5.48. The second kappa shape index (κ2) is 4.14. The Morgan fingerprint density at radius 1 is 1.21 bits per heavy atom. The minimum absolute atomic E-state index is 0.428. The van der Waals surface area contributed by atoms with Gasteiger partial charge in [-0.05, 0) is 44.0 Å². The summed E-state index contributed by atoms with van der Waals surface area (Å²) in [5, 5.41) is 0. The monoisotopic (exact) mass is 317 g/mol. The number of rotatable bonds is 2. The maximum Gasteiger partial charge on any atom is 0.258 e. The van der Waals surface area contributed by atoms with Gasteiger partial charge in [-0.2, -0.15) is 4.98 Å².